The second kappa shape index (κ2) is 5.35. The van der Waals surface area contributed by atoms with Crippen molar-refractivity contribution in [3.05, 3.63) is 35.4 Å². The lowest BCUT2D eigenvalue weighted by Crippen LogP contribution is -2.29. The summed E-state index contributed by atoms with van der Waals surface area (Å²) in [5, 5.41) is 3.18. The number of nitrogens with one attached hydrogen (secondary N) is 1. The van der Waals surface area contributed by atoms with Crippen molar-refractivity contribution in [2.75, 3.05) is 0 Å². The fraction of sp³-hybridized carbons (Fsp3) is 0.533. The summed E-state index contributed by atoms with van der Waals surface area (Å²) in [6, 6.07) is 8.76. The van der Waals surface area contributed by atoms with Gasteiger partial charge in [0, 0.05) is 6.42 Å². The Labute approximate surface area is 103 Å². The predicted octanol–water partition coefficient (Wildman–Crippen LogP) is 3.36. The van der Waals surface area contributed by atoms with Gasteiger partial charge in [-0.3, -0.25) is 4.79 Å². The number of aryl methyl sites for hydroxylation is 1. The maximum atomic E-state index is 11.7. The van der Waals surface area contributed by atoms with Crippen LogP contribution in [-0.2, 0) is 4.79 Å². The van der Waals surface area contributed by atoms with E-state index in [4.69, 9.17) is 0 Å². The van der Waals surface area contributed by atoms with E-state index in [0.29, 0.717) is 12.3 Å². The van der Waals surface area contributed by atoms with Crippen molar-refractivity contribution >= 4 is 5.91 Å². The highest BCUT2D eigenvalue weighted by molar-refractivity contribution is 5.76. The topological polar surface area (TPSA) is 29.1 Å². The van der Waals surface area contributed by atoms with Gasteiger partial charge >= 0.3 is 0 Å². The molecule has 0 aromatic heterocycles. The van der Waals surface area contributed by atoms with E-state index in [0.717, 1.165) is 6.42 Å². The molecule has 1 aromatic rings. The van der Waals surface area contributed by atoms with Crippen LogP contribution in [0.15, 0.2) is 24.3 Å². The standard InChI is InChI=1S/C15H21NO/c1-3-4-14(17)16-15(13-9-10-13)12-7-5-11(2)6-8-12/h5-8,13,15H,3-4,9-10H2,1-2H3,(H,16,17). The first-order chi connectivity index (χ1) is 8.20. The average molecular weight is 231 g/mol. The summed E-state index contributed by atoms with van der Waals surface area (Å²) in [5.41, 5.74) is 2.52. The summed E-state index contributed by atoms with van der Waals surface area (Å²) in [6.07, 6.45) is 4.03. The molecule has 1 fully saturated rings. The molecule has 1 aliphatic carbocycles. The van der Waals surface area contributed by atoms with Crippen LogP contribution in [0.2, 0.25) is 0 Å². The number of carbonyl (C=O) groups excluding carboxylic acids is 1. The van der Waals surface area contributed by atoms with Crippen LogP contribution in [0.1, 0.15) is 49.8 Å². The number of carbonyl (C=O) groups is 1. The molecule has 17 heavy (non-hydrogen) atoms. The molecule has 0 aliphatic heterocycles. The molecule has 2 rings (SSSR count). The van der Waals surface area contributed by atoms with E-state index >= 15 is 0 Å². The van der Waals surface area contributed by atoms with Crippen LogP contribution in [0.3, 0.4) is 0 Å². The molecule has 1 amide bonds. The normalized spacial score (nSPS) is 16.6. The zero-order valence-electron chi connectivity index (χ0n) is 10.7. The first kappa shape index (κ1) is 12.2. The highest BCUT2D eigenvalue weighted by Crippen LogP contribution is 2.41. The van der Waals surface area contributed by atoms with Crippen LogP contribution in [0.25, 0.3) is 0 Å². The van der Waals surface area contributed by atoms with Crippen LogP contribution < -0.4 is 5.32 Å². The van der Waals surface area contributed by atoms with E-state index in [1.807, 2.05) is 6.92 Å². The summed E-state index contributed by atoms with van der Waals surface area (Å²) in [5.74, 6) is 0.837. The Morgan fingerprint density at radius 3 is 2.53 bits per heavy atom. The fourth-order valence-electron chi connectivity index (χ4n) is 2.15. The Hall–Kier alpha value is -1.31. The zero-order chi connectivity index (χ0) is 12.3. The van der Waals surface area contributed by atoms with E-state index in [-0.39, 0.29) is 11.9 Å². The monoisotopic (exact) mass is 231 g/mol. The van der Waals surface area contributed by atoms with Gasteiger partial charge in [-0.1, -0.05) is 36.8 Å². The second-order valence-electron chi connectivity index (χ2n) is 5.04. The first-order valence-electron chi connectivity index (χ1n) is 6.56. The van der Waals surface area contributed by atoms with Crippen molar-refractivity contribution in [3.8, 4) is 0 Å². The number of rotatable bonds is 5. The highest BCUT2D eigenvalue weighted by Gasteiger charge is 2.33. The average Bonchev–Trinajstić information content (AvgIpc) is 3.12. The summed E-state index contributed by atoms with van der Waals surface area (Å²) < 4.78 is 0. The van der Waals surface area contributed by atoms with E-state index in [2.05, 4.69) is 36.5 Å². The molecule has 1 saturated carbocycles. The smallest absolute Gasteiger partial charge is 0.220 e. The van der Waals surface area contributed by atoms with Crippen molar-refractivity contribution in [2.24, 2.45) is 5.92 Å². The Kier molecular flexibility index (Phi) is 3.82. The van der Waals surface area contributed by atoms with Gasteiger partial charge in [-0.15, -0.1) is 0 Å². The van der Waals surface area contributed by atoms with Gasteiger partial charge in [-0.05, 0) is 37.7 Å². The van der Waals surface area contributed by atoms with Crippen molar-refractivity contribution in [2.45, 2.75) is 45.6 Å². The minimum Gasteiger partial charge on any atom is -0.349 e. The molecule has 0 heterocycles. The Morgan fingerprint density at radius 1 is 1.35 bits per heavy atom. The predicted molar refractivity (Wildman–Crippen MR) is 69.7 cm³/mol. The molecule has 1 unspecified atom stereocenters. The molecule has 0 spiro atoms. The van der Waals surface area contributed by atoms with Crippen molar-refractivity contribution < 1.29 is 4.79 Å². The van der Waals surface area contributed by atoms with Gasteiger partial charge in [0.2, 0.25) is 5.91 Å². The summed E-state index contributed by atoms with van der Waals surface area (Å²) >= 11 is 0. The van der Waals surface area contributed by atoms with Crippen molar-refractivity contribution in [1.82, 2.24) is 5.32 Å². The zero-order valence-corrected chi connectivity index (χ0v) is 10.7. The maximum absolute atomic E-state index is 11.7. The van der Waals surface area contributed by atoms with E-state index < -0.39 is 0 Å². The summed E-state index contributed by atoms with van der Waals surface area (Å²) in [7, 11) is 0. The molecule has 1 aliphatic rings. The van der Waals surface area contributed by atoms with Gasteiger partial charge in [0.15, 0.2) is 0 Å². The minimum absolute atomic E-state index is 0.185. The lowest BCUT2D eigenvalue weighted by atomic mass is 10.0. The molecular weight excluding hydrogens is 210 g/mol. The van der Waals surface area contributed by atoms with Gasteiger partial charge in [0.1, 0.15) is 0 Å². The summed E-state index contributed by atoms with van der Waals surface area (Å²) in [6.45, 7) is 4.13. The first-order valence-corrected chi connectivity index (χ1v) is 6.56. The summed E-state index contributed by atoms with van der Waals surface area (Å²) in [4.78, 5) is 11.7. The quantitative estimate of drug-likeness (QED) is 0.827. The third-order valence-corrected chi connectivity index (χ3v) is 3.32. The molecular formula is C15H21NO. The molecule has 1 aromatic carbocycles. The third-order valence-electron chi connectivity index (χ3n) is 3.32. The SMILES string of the molecule is CCCC(=O)NC(c1ccc(C)cc1)C1CC1. The molecule has 1 atom stereocenters. The van der Waals surface area contributed by atoms with Gasteiger partial charge < -0.3 is 5.32 Å². The molecule has 0 saturated heterocycles. The van der Waals surface area contributed by atoms with Gasteiger partial charge in [0.25, 0.3) is 0 Å². The van der Waals surface area contributed by atoms with Crippen LogP contribution in [0, 0.1) is 12.8 Å². The Morgan fingerprint density at radius 2 is 2.00 bits per heavy atom. The fourth-order valence-corrected chi connectivity index (χ4v) is 2.15. The second-order valence-corrected chi connectivity index (χ2v) is 5.04. The Bertz CT molecular complexity index is 378. The molecule has 0 radical (unpaired) electrons. The molecule has 2 heteroatoms. The number of benzene rings is 1. The minimum atomic E-state index is 0.185. The van der Waals surface area contributed by atoms with Crippen molar-refractivity contribution in [3.63, 3.8) is 0 Å². The Balaban J connectivity index is 2.06. The van der Waals surface area contributed by atoms with E-state index in [9.17, 15) is 4.79 Å². The van der Waals surface area contributed by atoms with E-state index in [1.54, 1.807) is 0 Å². The maximum Gasteiger partial charge on any atom is 0.220 e. The van der Waals surface area contributed by atoms with Crippen molar-refractivity contribution in [1.29, 1.82) is 0 Å². The van der Waals surface area contributed by atoms with Crippen LogP contribution in [0.4, 0.5) is 0 Å². The van der Waals surface area contributed by atoms with Gasteiger partial charge in [-0.2, -0.15) is 0 Å². The molecule has 92 valence electrons. The third kappa shape index (κ3) is 3.32. The van der Waals surface area contributed by atoms with E-state index in [1.165, 1.54) is 24.0 Å². The van der Waals surface area contributed by atoms with Gasteiger partial charge in [0.05, 0.1) is 6.04 Å². The van der Waals surface area contributed by atoms with Gasteiger partial charge in [-0.25, -0.2) is 0 Å². The lowest BCUT2D eigenvalue weighted by molar-refractivity contribution is -0.122. The molecule has 2 nitrogen and oxygen atoms in total. The highest BCUT2D eigenvalue weighted by atomic mass is 16.1. The van der Waals surface area contributed by atoms with Crippen LogP contribution in [-0.4, -0.2) is 5.91 Å². The van der Waals surface area contributed by atoms with Crippen LogP contribution in [0.5, 0.6) is 0 Å². The number of hydrogen-bond donors (Lipinski definition) is 1. The number of amides is 1. The number of hydrogen-bond acceptors (Lipinski definition) is 1. The largest absolute Gasteiger partial charge is 0.349 e. The molecule has 1 N–H and O–H groups in total. The molecule has 0 bridgehead atoms. The van der Waals surface area contributed by atoms with Crippen LogP contribution >= 0.6 is 0 Å². The lowest BCUT2D eigenvalue weighted by Gasteiger charge is -2.19.